The minimum Gasteiger partial charge on any atom is -0.367 e. The standard InChI is InChI=1S/C19H19ClN4O2/c1-14-21-8-9-24(14)18-7-6-15(10-22-18)11-23-19(25)13-26-12-16-4-2-3-5-17(16)20/h2-10H,11-13H2,1H3,(H,23,25). The second-order valence-corrected chi connectivity index (χ2v) is 6.14. The van der Waals surface area contributed by atoms with E-state index in [-0.39, 0.29) is 12.5 Å². The Kier molecular flexibility index (Phi) is 5.99. The molecule has 0 aliphatic carbocycles. The van der Waals surface area contributed by atoms with Crippen molar-refractivity contribution in [2.24, 2.45) is 0 Å². The number of ether oxygens (including phenoxy) is 1. The van der Waals surface area contributed by atoms with Crippen molar-refractivity contribution in [2.75, 3.05) is 6.61 Å². The monoisotopic (exact) mass is 370 g/mol. The Hall–Kier alpha value is -2.70. The Balaban J connectivity index is 1.44. The highest BCUT2D eigenvalue weighted by atomic mass is 35.5. The highest BCUT2D eigenvalue weighted by molar-refractivity contribution is 6.31. The van der Waals surface area contributed by atoms with Crippen LogP contribution in [0.1, 0.15) is 17.0 Å². The average molecular weight is 371 g/mol. The lowest BCUT2D eigenvalue weighted by Gasteiger charge is -2.08. The van der Waals surface area contributed by atoms with Gasteiger partial charge >= 0.3 is 0 Å². The molecular formula is C19H19ClN4O2. The maximum atomic E-state index is 11.9. The van der Waals surface area contributed by atoms with Crippen LogP contribution in [0, 0.1) is 6.92 Å². The van der Waals surface area contributed by atoms with E-state index >= 15 is 0 Å². The summed E-state index contributed by atoms with van der Waals surface area (Å²) in [4.78, 5) is 20.5. The van der Waals surface area contributed by atoms with Gasteiger partial charge in [-0.3, -0.25) is 9.36 Å². The first kappa shape index (κ1) is 18.1. The molecule has 0 unspecified atom stereocenters. The number of hydrogen-bond donors (Lipinski definition) is 1. The molecule has 7 heteroatoms. The minimum atomic E-state index is -0.188. The fraction of sp³-hybridized carbons (Fsp3) is 0.211. The maximum absolute atomic E-state index is 11.9. The number of carbonyl (C=O) groups excluding carboxylic acids is 1. The molecule has 0 radical (unpaired) electrons. The summed E-state index contributed by atoms with van der Waals surface area (Å²) in [6, 6.07) is 11.2. The predicted molar refractivity (Wildman–Crippen MR) is 99.1 cm³/mol. The molecule has 0 saturated carbocycles. The van der Waals surface area contributed by atoms with E-state index in [1.54, 1.807) is 18.5 Å². The lowest BCUT2D eigenvalue weighted by Crippen LogP contribution is -2.27. The second-order valence-electron chi connectivity index (χ2n) is 5.73. The quantitative estimate of drug-likeness (QED) is 0.694. The van der Waals surface area contributed by atoms with Gasteiger partial charge in [-0.05, 0) is 30.2 Å². The van der Waals surface area contributed by atoms with Gasteiger partial charge in [-0.15, -0.1) is 0 Å². The first-order chi connectivity index (χ1) is 12.6. The lowest BCUT2D eigenvalue weighted by atomic mass is 10.2. The first-order valence-corrected chi connectivity index (χ1v) is 8.54. The van der Waals surface area contributed by atoms with Crippen LogP contribution in [0.15, 0.2) is 55.0 Å². The summed E-state index contributed by atoms with van der Waals surface area (Å²) in [5.41, 5.74) is 1.77. The Labute approximate surface area is 156 Å². The summed E-state index contributed by atoms with van der Waals surface area (Å²) < 4.78 is 7.30. The highest BCUT2D eigenvalue weighted by Gasteiger charge is 2.05. The fourth-order valence-corrected chi connectivity index (χ4v) is 2.59. The highest BCUT2D eigenvalue weighted by Crippen LogP contribution is 2.15. The molecule has 0 aliphatic rings. The zero-order valence-corrected chi connectivity index (χ0v) is 15.1. The molecule has 1 N–H and O–H groups in total. The zero-order chi connectivity index (χ0) is 18.4. The number of imidazole rings is 1. The summed E-state index contributed by atoms with van der Waals surface area (Å²) in [6.07, 6.45) is 5.32. The Morgan fingerprint density at radius 3 is 2.77 bits per heavy atom. The van der Waals surface area contributed by atoms with Crippen LogP contribution in [-0.4, -0.2) is 27.0 Å². The van der Waals surface area contributed by atoms with Crippen molar-refractivity contribution in [3.8, 4) is 5.82 Å². The van der Waals surface area contributed by atoms with E-state index in [1.165, 1.54) is 0 Å². The first-order valence-electron chi connectivity index (χ1n) is 8.16. The van der Waals surface area contributed by atoms with Crippen LogP contribution in [0.5, 0.6) is 0 Å². The second kappa shape index (κ2) is 8.60. The van der Waals surface area contributed by atoms with Crippen molar-refractivity contribution in [1.82, 2.24) is 19.9 Å². The van der Waals surface area contributed by atoms with Gasteiger partial charge in [0.15, 0.2) is 0 Å². The maximum Gasteiger partial charge on any atom is 0.246 e. The summed E-state index contributed by atoms with van der Waals surface area (Å²) in [7, 11) is 0. The molecule has 0 spiro atoms. The molecule has 0 atom stereocenters. The van der Waals surface area contributed by atoms with Crippen molar-refractivity contribution in [3.05, 3.63) is 77.0 Å². The summed E-state index contributed by atoms with van der Waals surface area (Å²) >= 11 is 6.05. The van der Waals surface area contributed by atoms with Gasteiger partial charge in [-0.1, -0.05) is 35.9 Å². The number of amides is 1. The minimum absolute atomic E-state index is 0.0229. The van der Waals surface area contributed by atoms with Crippen LogP contribution >= 0.6 is 11.6 Å². The molecule has 0 aliphatic heterocycles. The van der Waals surface area contributed by atoms with Crippen LogP contribution < -0.4 is 5.32 Å². The Morgan fingerprint density at radius 2 is 2.08 bits per heavy atom. The molecule has 2 heterocycles. The van der Waals surface area contributed by atoms with Crippen molar-refractivity contribution < 1.29 is 9.53 Å². The largest absolute Gasteiger partial charge is 0.367 e. The molecule has 0 saturated heterocycles. The number of aryl methyl sites for hydroxylation is 1. The van der Waals surface area contributed by atoms with Gasteiger partial charge in [0.2, 0.25) is 5.91 Å². The molecule has 134 valence electrons. The number of pyridine rings is 1. The third-order valence-corrected chi connectivity index (χ3v) is 4.19. The third-order valence-electron chi connectivity index (χ3n) is 3.82. The van der Waals surface area contributed by atoms with E-state index in [1.807, 2.05) is 48.0 Å². The summed E-state index contributed by atoms with van der Waals surface area (Å²) in [5.74, 6) is 1.47. The molecule has 0 fully saturated rings. The van der Waals surface area contributed by atoms with E-state index in [0.29, 0.717) is 18.2 Å². The fourth-order valence-electron chi connectivity index (χ4n) is 2.40. The normalized spacial score (nSPS) is 10.7. The number of halogens is 1. The van der Waals surface area contributed by atoms with E-state index < -0.39 is 0 Å². The number of rotatable bonds is 7. The molecule has 3 rings (SSSR count). The molecule has 1 aromatic carbocycles. The SMILES string of the molecule is Cc1nccn1-c1ccc(CNC(=O)COCc2ccccc2Cl)cn1. The molecule has 3 aromatic rings. The third kappa shape index (κ3) is 4.68. The van der Waals surface area contributed by atoms with Gasteiger partial charge in [0.1, 0.15) is 18.2 Å². The number of nitrogens with one attached hydrogen (secondary N) is 1. The van der Waals surface area contributed by atoms with Crippen molar-refractivity contribution >= 4 is 17.5 Å². The lowest BCUT2D eigenvalue weighted by molar-refractivity contribution is -0.126. The number of aromatic nitrogens is 3. The van der Waals surface area contributed by atoms with Crippen molar-refractivity contribution in [1.29, 1.82) is 0 Å². The van der Waals surface area contributed by atoms with Crippen LogP contribution in [0.3, 0.4) is 0 Å². The number of benzene rings is 1. The number of carbonyl (C=O) groups is 1. The van der Waals surface area contributed by atoms with E-state index in [0.717, 1.165) is 22.8 Å². The Morgan fingerprint density at radius 1 is 1.23 bits per heavy atom. The summed E-state index contributed by atoms with van der Waals surface area (Å²) in [5, 5.41) is 3.44. The molecule has 26 heavy (non-hydrogen) atoms. The van der Waals surface area contributed by atoms with Gasteiger partial charge in [-0.25, -0.2) is 9.97 Å². The van der Waals surface area contributed by atoms with Gasteiger partial charge in [0, 0.05) is 30.2 Å². The van der Waals surface area contributed by atoms with Gasteiger partial charge in [-0.2, -0.15) is 0 Å². The van der Waals surface area contributed by atoms with Crippen LogP contribution in [0.2, 0.25) is 5.02 Å². The van der Waals surface area contributed by atoms with Crippen molar-refractivity contribution in [2.45, 2.75) is 20.1 Å². The topological polar surface area (TPSA) is 69.0 Å². The van der Waals surface area contributed by atoms with Gasteiger partial charge < -0.3 is 10.1 Å². The molecular weight excluding hydrogens is 352 g/mol. The molecule has 0 bridgehead atoms. The van der Waals surface area contributed by atoms with Crippen LogP contribution in [-0.2, 0) is 22.7 Å². The van der Waals surface area contributed by atoms with Crippen LogP contribution in [0.25, 0.3) is 5.82 Å². The summed E-state index contributed by atoms with van der Waals surface area (Å²) in [6.45, 7) is 2.58. The van der Waals surface area contributed by atoms with E-state index in [2.05, 4.69) is 15.3 Å². The Bertz CT molecular complexity index is 877. The van der Waals surface area contributed by atoms with E-state index in [4.69, 9.17) is 16.3 Å². The predicted octanol–water partition coefficient (Wildman–Crippen LogP) is 3.06. The molecule has 1 amide bonds. The van der Waals surface area contributed by atoms with E-state index in [9.17, 15) is 4.79 Å². The molecule has 2 aromatic heterocycles. The van der Waals surface area contributed by atoms with Gasteiger partial charge in [0.25, 0.3) is 0 Å². The number of hydrogen-bond acceptors (Lipinski definition) is 4. The zero-order valence-electron chi connectivity index (χ0n) is 14.4. The smallest absolute Gasteiger partial charge is 0.246 e. The molecule has 6 nitrogen and oxygen atoms in total. The van der Waals surface area contributed by atoms with Crippen molar-refractivity contribution in [3.63, 3.8) is 0 Å². The van der Waals surface area contributed by atoms with Crippen LogP contribution in [0.4, 0.5) is 0 Å². The van der Waals surface area contributed by atoms with Gasteiger partial charge in [0.05, 0.1) is 6.61 Å². The average Bonchev–Trinajstić information content (AvgIpc) is 3.08. The number of nitrogens with zero attached hydrogens (tertiary/aromatic N) is 3.